The standard InChI is InChI=1S/C14H26N2S/c1-10-9-11(2)17-13(15-10)16-12-5-7-14(3,4)8-6-12/h10-12H,5-9H2,1-4H3,(H,15,16). The molecule has 0 amide bonds. The van der Waals surface area contributed by atoms with E-state index in [1.807, 2.05) is 11.8 Å². The summed E-state index contributed by atoms with van der Waals surface area (Å²) in [5, 5.41) is 5.44. The first-order valence-electron chi connectivity index (χ1n) is 6.96. The van der Waals surface area contributed by atoms with Gasteiger partial charge in [0.25, 0.3) is 0 Å². The van der Waals surface area contributed by atoms with Gasteiger partial charge in [0.1, 0.15) is 0 Å². The predicted molar refractivity (Wildman–Crippen MR) is 77.7 cm³/mol. The molecule has 2 nitrogen and oxygen atoms in total. The van der Waals surface area contributed by atoms with E-state index < -0.39 is 0 Å². The van der Waals surface area contributed by atoms with Crippen LogP contribution in [0.3, 0.4) is 0 Å². The molecule has 0 aromatic heterocycles. The van der Waals surface area contributed by atoms with Crippen LogP contribution in [0.25, 0.3) is 0 Å². The average Bonchev–Trinajstić information content (AvgIpc) is 2.20. The van der Waals surface area contributed by atoms with Gasteiger partial charge in [-0.25, -0.2) is 0 Å². The van der Waals surface area contributed by atoms with E-state index in [4.69, 9.17) is 4.99 Å². The van der Waals surface area contributed by atoms with E-state index in [0.717, 1.165) is 0 Å². The highest BCUT2D eigenvalue weighted by molar-refractivity contribution is 8.14. The molecule has 0 spiro atoms. The van der Waals surface area contributed by atoms with Gasteiger partial charge in [0.15, 0.2) is 5.17 Å². The summed E-state index contributed by atoms with van der Waals surface area (Å²) in [7, 11) is 0. The van der Waals surface area contributed by atoms with Gasteiger partial charge in [0, 0.05) is 11.3 Å². The highest BCUT2D eigenvalue weighted by atomic mass is 32.2. The highest BCUT2D eigenvalue weighted by Crippen LogP contribution is 2.36. The summed E-state index contributed by atoms with van der Waals surface area (Å²) in [6.45, 7) is 9.33. The van der Waals surface area contributed by atoms with Crippen LogP contribution in [0.1, 0.15) is 59.8 Å². The molecular formula is C14H26N2S. The number of hydrogen-bond acceptors (Lipinski definition) is 2. The van der Waals surface area contributed by atoms with Crippen LogP contribution in [0.2, 0.25) is 0 Å². The Hall–Kier alpha value is -0.180. The fourth-order valence-electron chi connectivity index (χ4n) is 2.79. The van der Waals surface area contributed by atoms with Crippen molar-refractivity contribution in [2.24, 2.45) is 10.4 Å². The first-order valence-corrected chi connectivity index (χ1v) is 7.83. The van der Waals surface area contributed by atoms with Crippen molar-refractivity contribution in [1.82, 2.24) is 5.32 Å². The zero-order valence-corrected chi connectivity index (χ0v) is 12.4. The van der Waals surface area contributed by atoms with Gasteiger partial charge in [0.05, 0.1) is 6.04 Å². The van der Waals surface area contributed by atoms with E-state index >= 15 is 0 Å². The molecule has 0 aromatic carbocycles. The quantitative estimate of drug-likeness (QED) is 0.769. The van der Waals surface area contributed by atoms with Crippen molar-refractivity contribution in [2.45, 2.75) is 77.1 Å². The van der Waals surface area contributed by atoms with Crippen molar-refractivity contribution in [3.05, 3.63) is 0 Å². The molecule has 0 radical (unpaired) electrons. The maximum absolute atomic E-state index is 4.93. The summed E-state index contributed by atoms with van der Waals surface area (Å²) >= 11 is 1.92. The van der Waals surface area contributed by atoms with Crippen molar-refractivity contribution in [2.75, 3.05) is 0 Å². The van der Waals surface area contributed by atoms with Crippen LogP contribution >= 0.6 is 11.8 Å². The Kier molecular flexibility index (Phi) is 4.06. The number of thioether (sulfide) groups is 1. The second-order valence-electron chi connectivity index (χ2n) is 6.54. The highest BCUT2D eigenvalue weighted by Gasteiger charge is 2.27. The van der Waals surface area contributed by atoms with Gasteiger partial charge in [0.2, 0.25) is 0 Å². The van der Waals surface area contributed by atoms with Crippen molar-refractivity contribution in [3.63, 3.8) is 0 Å². The summed E-state index contributed by atoms with van der Waals surface area (Å²) in [4.78, 5) is 4.93. The molecule has 1 saturated carbocycles. The van der Waals surface area contributed by atoms with Crippen molar-refractivity contribution < 1.29 is 0 Å². The Balaban J connectivity index is 1.91. The molecule has 3 heteroatoms. The van der Waals surface area contributed by atoms with Crippen LogP contribution < -0.4 is 5.32 Å². The van der Waals surface area contributed by atoms with Crippen LogP contribution in [0.4, 0.5) is 0 Å². The smallest absolute Gasteiger partial charge is 0.157 e. The third-order valence-electron chi connectivity index (χ3n) is 3.98. The Morgan fingerprint density at radius 2 is 1.88 bits per heavy atom. The average molecular weight is 254 g/mol. The normalized spacial score (nSPS) is 36.8. The van der Waals surface area contributed by atoms with Gasteiger partial charge in [-0.2, -0.15) is 0 Å². The lowest BCUT2D eigenvalue weighted by Crippen LogP contribution is -2.39. The molecule has 1 aliphatic carbocycles. The second kappa shape index (κ2) is 5.21. The zero-order valence-electron chi connectivity index (χ0n) is 11.6. The number of nitrogens with one attached hydrogen (secondary N) is 1. The largest absolute Gasteiger partial charge is 0.362 e. The Morgan fingerprint density at radius 3 is 2.47 bits per heavy atom. The SMILES string of the molecule is CC1CC(C)SC(=NC2CCC(C)(C)CC2)N1. The molecular weight excluding hydrogens is 228 g/mol. The number of amidine groups is 1. The lowest BCUT2D eigenvalue weighted by Gasteiger charge is -2.34. The number of rotatable bonds is 1. The van der Waals surface area contributed by atoms with Gasteiger partial charge in [-0.15, -0.1) is 0 Å². The third kappa shape index (κ3) is 3.90. The molecule has 1 heterocycles. The van der Waals surface area contributed by atoms with E-state index in [2.05, 4.69) is 33.0 Å². The molecule has 1 saturated heterocycles. The lowest BCUT2D eigenvalue weighted by molar-refractivity contribution is 0.226. The Labute approximate surface area is 110 Å². The summed E-state index contributed by atoms with van der Waals surface area (Å²) in [5.74, 6) is 0. The van der Waals surface area contributed by atoms with Crippen LogP contribution in [0.15, 0.2) is 4.99 Å². The Morgan fingerprint density at radius 1 is 1.24 bits per heavy atom. The van der Waals surface area contributed by atoms with Crippen LogP contribution in [0.5, 0.6) is 0 Å². The van der Waals surface area contributed by atoms with Gasteiger partial charge in [-0.05, 0) is 44.4 Å². The van der Waals surface area contributed by atoms with Crippen LogP contribution in [-0.4, -0.2) is 22.5 Å². The van der Waals surface area contributed by atoms with Gasteiger partial charge in [-0.1, -0.05) is 32.5 Å². The fourth-order valence-corrected chi connectivity index (χ4v) is 4.03. The number of nitrogens with zero attached hydrogens (tertiary/aromatic N) is 1. The van der Waals surface area contributed by atoms with E-state index in [1.54, 1.807) is 0 Å². The molecule has 2 aliphatic rings. The van der Waals surface area contributed by atoms with Crippen LogP contribution in [0, 0.1) is 5.41 Å². The van der Waals surface area contributed by atoms with E-state index in [9.17, 15) is 0 Å². The van der Waals surface area contributed by atoms with Crippen molar-refractivity contribution >= 4 is 16.9 Å². The first-order chi connectivity index (χ1) is 7.94. The zero-order chi connectivity index (χ0) is 12.5. The van der Waals surface area contributed by atoms with E-state index in [0.29, 0.717) is 22.7 Å². The molecule has 0 bridgehead atoms. The number of hydrogen-bond donors (Lipinski definition) is 1. The molecule has 2 unspecified atom stereocenters. The third-order valence-corrected chi connectivity index (χ3v) is 5.02. The van der Waals surface area contributed by atoms with Crippen molar-refractivity contribution in [1.29, 1.82) is 0 Å². The Bertz CT molecular complexity index is 277. The second-order valence-corrected chi connectivity index (χ2v) is 7.97. The van der Waals surface area contributed by atoms with Gasteiger partial charge in [-0.3, -0.25) is 4.99 Å². The maximum atomic E-state index is 4.93. The molecule has 17 heavy (non-hydrogen) atoms. The minimum atomic E-state index is 0.546. The van der Waals surface area contributed by atoms with Gasteiger partial charge >= 0.3 is 0 Å². The molecule has 2 atom stereocenters. The summed E-state index contributed by atoms with van der Waals surface area (Å²) < 4.78 is 0. The minimum absolute atomic E-state index is 0.546. The lowest BCUT2D eigenvalue weighted by atomic mass is 9.76. The summed E-state index contributed by atoms with van der Waals surface area (Å²) in [5.41, 5.74) is 0.546. The molecule has 0 aromatic rings. The topological polar surface area (TPSA) is 24.4 Å². The molecule has 1 N–H and O–H groups in total. The minimum Gasteiger partial charge on any atom is -0.362 e. The van der Waals surface area contributed by atoms with Gasteiger partial charge < -0.3 is 5.32 Å². The van der Waals surface area contributed by atoms with E-state index in [-0.39, 0.29) is 0 Å². The van der Waals surface area contributed by atoms with E-state index in [1.165, 1.54) is 37.3 Å². The molecule has 1 aliphatic heterocycles. The van der Waals surface area contributed by atoms with Crippen LogP contribution in [-0.2, 0) is 0 Å². The molecule has 2 rings (SSSR count). The molecule has 2 fully saturated rings. The van der Waals surface area contributed by atoms with Crippen molar-refractivity contribution in [3.8, 4) is 0 Å². The predicted octanol–water partition coefficient (Wildman–Crippen LogP) is 3.81. The molecule has 98 valence electrons. The summed E-state index contributed by atoms with van der Waals surface area (Å²) in [6.07, 6.45) is 6.43. The fraction of sp³-hybridized carbons (Fsp3) is 0.929. The maximum Gasteiger partial charge on any atom is 0.157 e. The number of aliphatic imine (C=N–C) groups is 1. The monoisotopic (exact) mass is 254 g/mol. The first kappa shape index (κ1) is 13.3. The summed E-state index contributed by atoms with van der Waals surface area (Å²) in [6, 6.07) is 1.15.